The van der Waals surface area contributed by atoms with E-state index in [2.05, 4.69) is 5.10 Å². The molecule has 5 nitrogen and oxygen atoms in total. The number of nitrogens with zero attached hydrogens (tertiary/aromatic N) is 2. The molecule has 0 spiro atoms. The molecule has 0 N–H and O–H groups in total. The first kappa shape index (κ1) is 20.0. The van der Waals surface area contributed by atoms with Crippen molar-refractivity contribution in [2.75, 3.05) is 18.6 Å². The number of aryl methyl sites for hydroxylation is 1. The number of benzene rings is 1. The molecule has 0 aliphatic carbocycles. The van der Waals surface area contributed by atoms with Crippen molar-refractivity contribution in [2.24, 2.45) is 0 Å². The van der Waals surface area contributed by atoms with Gasteiger partial charge in [-0.05, 0) is 31.5 Å². The predicted octanol–water partition coefficient (Wildman–Crippen LogP) is 4.53. The third-order valence-electron chi connectivity index (χ3n) is 4.29. The zero-order chi connectivity index (χ0) is 19.6. The lowest BCUT2D eigenvalue weighted by Crippen LogP contribution is -2.13. The monoisotopic (exact) mass is 414 g/mol. The molecule has 1 aromatic carbocycles. The standard InChI is InChI=1S/C18H20F2N2O3S2/c1-10-13(11(2)22(21-10)18(19)20)9-16(23)25-14-5-4-12(8-15(14)24-3)17-26-6-7-27-17/h4-5,8,17-18H,6-7,9H2,1-3H3. The summed E-state index contributed by atoms with van der Waals surface area (Å²) in [6.45, 7) is 0.370. The first-order valence-corrected chi connectivity index (χ1v) is 10.4. The molecule has 1 aromatic heterocycles. The third-order valence-corrected chi connectivity index (χ3v) is 7.39. The lowest BCUT2D eigenvalue weighted by molar-refractivity contribution is -0.133. The average Bonchev–Trinajstić information content (AvgIpc) is 3.26. The normalized spacial score (nSPS) is 14.7. The summed E-state index contributed by atoms with van der Waals surface area (Å²) in [6.07, 6.45) is -0.135. The van der Waals surface area contributed by atoms with Crippen molar-refractivity contribution in [3.05, 3.63) is 40.7 Å². The zero-order valence-electron chi connectivity index (χ0n) is 15.2. The van der Waals surface area contributed by atoms with E-state index in [0.717, 1.165) is 17.1 Å². The number of thioether (sulfide) groups is 2. The fourth-order valence-corrected chi connectivity index (χ4v) is 5.75. The Labute approximate surface area is 164 Å². The number of carbonyl (C=O) groups excluding carboxylic acids is 1. The van der Waals surface area contributed by atoms with E-state index in [1.165, 1.54) is 14.0 Å². The van der Waals surface area contributed by atoms with E-state index in [4.69, 9.17) is 9.47 Å². The Morgan fingerprint density at radius 3 is 2.59 bits per heavy atom. The Hall–Kier alpha value is -1.74. The molecule has 27 heavy (non-hydrogen) atoms. The minimum absolute atomic E-state index is 0.135. The van der Waals surface area contributed by atoms with Gasteiger partial charge in [0.2, 0.25) is 0 Å². The number of hydrogen-bond acceptors (Lipinski definition) is 6. The minimum atomic E-state index is -2.74. The second-order valence-electron chi connectivity index (χ2n) is 6.01. The number of halogens is 2. The molecule has 0 radical (unpaired) electrons. The number of hydrogen-bond donors (Lipinski definition) is 0. The molecular weight excluding hydrogens is 394 g/mol. The van der Waals surface area contributed by atoms with Crippen LogP contribution in [0.25, 0.3) is 0 Å². The van der Waals surface area contributed by atoms with Gasteiger partial charge in [0.05, 0.1) is 23.8 Å². The number of esters is 1. The van der Waals surface area contributed by atoms with Crippen LogP contribution in [0.3, 0.4) is 0 Å². The SMILES string of the molecule is COc1cc(C2SCCS2)ccc1OC(=O)Cc1c(C)nn(C(F)F)c1C. The summed E-state index contributed by atoms with van der Waals surface area (Å²) in [4.78, 5) is 12.4. The smallest absolute Gasteiger partial charge is 0.333 e. The van der Waals surface area contributed by atoms with E-state index in [-0.39, 0.29) is 12.1 Å². The van der Waals surface area contributed by atoms with Gasteiger partial charge in [-0.25, -0.2) is 4.68 Å². The molecule has 146 valence electrons. The highest BCUT2D eigenvalue weighted by Gasteiger charge is 2.22. The van der Waals surface area contributed by atoms with Crippen LogP contribution in [-0.4, -0.2) is 34.4 Å². The summed E-state index contributed by atoms with van der Waals surface area (Å²) < 4.78 is 37.6. The molecule has 1 saturated heterocycles. The lowest BCUT2D eigenvalue weighted by Gasteiger charge is -2.13. The summed E-state index contributed by atoms with van der Waals surface area (Å²) in [5.41, 5.74) is 2.22. The molecule has 9 heteroatoms. The van der Waals surface area contributed by atoms with Crippen LogP contribution in [0.2, 0.25) is 0 Å². The van der Waals surface area contributed by atoms with Crippen molar-refractivity contribution >= 4 is 29.5 Å². The van der Waals surface area contributed by atoms with Gasteiger partial charge in [0.1, 0.15) is 0 Å². The van der Waals surface area contributed by atoms with Gasteiger partial charge in [-0.1, -0.05) is 6.07 Å². The highest BCUT2D eigenvalue weighted by molar-refractivity contribution is 8.19. The van der Waals surface area contributed by atoms with Crippen molar-refractivity contribution in [2.45, 2.75) is 31.4 Å². The van der Waals surface area contributed by atoms with E-state index in [0.29, 0.717) is 32.0 Å². The first-order chi connectivity index (χ1) is 12.9. The van der Waals surface area contributed by atoms with Crippen molar-refractivity contribution in [1.29, 1.82) is 0 Å². The van der Waals surface area contributed by atoms with Crippen LogP contribution in [0.5, 0.6) is 11.5 Å². The molecule has 0 saturated carbocycles. The Morgan fingerprint density at radius 2 is 2.00 bits per heavy atom. The van der Waals surface area contributed by atoms with Gasteiger partial charge in [0, 0.05) is 22.8 Å². The van der Waals surface area contributed by atoms with Crippen molar-refractivity contribution < 1.29 is 23.0 Å². The third kappa shape index (κ3) is 4.40. The minimum Gasteiger partial charge on any atom is -0.493 e. The van der Waals surface area contributed by atoms with Crippen LogP contribution in [0.15, 0.2) is 18.2 Å². The van der Waals surface area contributed by atoms with Crippen LogP contribution < -0.4 is 9.47 Å². The van der Waals surface area contributed by atoms with Gasteiger partial charge < -0.3 is 9.47 Å². The molecule has 1 aliphatic rings. The van der Waals surface area contributed by atoms with E-state index >= 15 is 0 Å². The number of methoxy groups -OCH3 is 1. The van der Waals surface area contributed by atoms with Gasteiger partial charge in [-0.2, -0.15) is 13.9 Å². The van der Waals surface area contributed by atoms with Crippen LogP contribution >= 0.6 is 23.5 Å². The Bertz CT molecular complexity index is 836. The van der Waals surface area contributed by atoms with Crippen molar-refractivity contribution in [3.8, 4) is 11.5 Å². The molecule has 0 amide bonds. The number of alkyl halides is 2. The topological polar surface area (TPSA) is 53.4 Å². The van der Waals surface area contributed by atoms with E-state index < -0.39 is 12.5 Å². The van der Waals surface area contributed by atoms with Gasteiger partial charge in [-0.15, -0.1) is 23.5 Å². The van der Waals surface area contributed by atoms with Crippen LogP contribution in [-0.2, 0) is 11.2 Å². The summed E-state index contributed by atoms with van der Waals surface area (Å²) in [7, 11) is 1.52. The maximum atomic E-state index is 12.9. The highest BCUT2D eigenvalue weighted by atomic mass is 32.2. The fraction of sp³-hybridized carbons (Fsp3) is 0.444. The quantitative estimate of drug-likeness (QED) is 0.511. The molecule has 3 rings (SSSR count). The maximum Gasteiger partial charge on any atom is 0.333 e. The van der Waals surface area contributed by atoms with E-state index in [1.807, 2.05) is 35.7 Å². The van der Waals surface area contributed by atoms with Gasteiger partial charge in [0.15, 0.2) is 11.5 Å². The van der Waals surface area contributed by atoms with Crippen molar-refractivity contribution in [1.82, 2.24) is 9.78 Å². The highest BCUT2D eigenvalue weighted by Crippen LogP contribution is 2.47. The first-order valence-electron chi connectivity index (χ1n) is 8.35. The number of rotatable bonds is 6. The second-order valence-corrected chi connectivity index (χ2v) is 8.73. The van der Waals surface area contributed by atoms with Gasteiger partial charge >= 0.3 is 12.5 Å². The fourth-order valence-electron chi connectivity index (χ4n) is 2.91. The molecule has 2 aromatic rings. The Kier molecular flexibility index (Phi) is 6.31. The summed E-state index contributed by atoms with van der Waals surface area (Å²) in [6, 6.07) is 5.52. The maximum absolute atomic E-state index is 12.9. The summed E-state index contributed by atoms with van der Waals surface area (Å²) in [5.74, 6) is 2.46. The number of carbonyl (C=O) groups is 1. The summed E-state index contributed by atoms with van der Waals surface area (Å²) in [5, 5.41) is 3.79. The van der Waals surface area contributed by atoms with Gasteiger partial charge in [0.25, 0.3) is 0 Å². The number of aromatic nitrogens is 2. The van der Waals surface area contributed by atoms with Crippen LogP contribution in [0.1, 0.15) is 33.6 Å². The Balaban J connectivity index is 1.74. The molecule has 0 atom stereocenters. The molecular formula is C18H20F2N2O3S2. The zero-order valence-corrected chi connectivity index (χ0v) is 16.8. The largest absolute Gasteiger partial charge is 0.493 e. The summed E-state index contributed by atoms with van der Waals surface area (Å²) >= 11 is 3.75. The molecule has 0 unspecified atom stereocenters. The van der Waals surface area contributed by atoms with Gasteiger partial charge in [-0.3, -0.25) is 4.79 Å². The van der Waals surface area contributed by atoms with Crippen molar-refractivity contribution in [3.63, 3.8) is 0 Å². The van der Waals surface area contributed by atoms with E-state index in [9.17, 15) is 13.6 Å². The molecule has 2 heterocycles. The number of ether oxygens (including phenoxy) is 2. The average molecular weight is 414 g/mol. The Morgan fingerprint density at radius 1 is 1.30 bits per heavy atom. The predicted molar refractivity (Wildman–Crippen MR) is 103 cm³/mol. The van der Waals surface area contributed by atoms with Crippen LogP contribution in [0, 0.1) is 13.8 Å². The second kappa shape index (κ2) is 8.52. The molecule has 1 aliphatic heterocycles. The molecule has 0 bridgehead atoms. The van der Waals surface area contributed by atoms with E-state index in [1.54, 1.807) is 13.0 Å². The molecule has 1 fully saturated rings. The van der Waals surface area contributed by atoms with Crippen LogP contribution in [0.4, 0.5) is 8.78 Å². The lowest BCUT2D eigenvalue weighted by atomic mass is 10.1.